The lowest BCUT2D eigenvalue weighted by Gasteiger charge is -2.35. The zero-order valence-electron chi connectivity index (χ0n) is 9.57. The van der Waals surface area contributed by atoms with E-state index in [0.29, 0.717) is 5.56 Å². The van der Waals surface area contributed by atoms with Crippen LogP contribution in [-0.2, 0) is 10.3 Å². The molecule has 0 aliphatic carbocycles. The van der Waals surface area contributed by atoms with Crippen molar-refractivity contribution in [2.45, 2.75) is 18.9 Å². The van der Waals surface area contributed by atoms with Gasteiger partial charge in [0.15, 0.2) is 0 Å². The summed E-state index contributed by atoms with van der Waals surface area (Å²) in [7, 11) is 3.52. The van der Waals surface area contributed by atoms with Crippen LogP contribution in [0, 0.1) is 5.82 Å². The molecule has 4 nitrogen and oxygen atoms in total. The van der Waals surface area contributed by atoms with Crippen molar-refractivity contribution < 1.29 is 14.3 Å². The number of hydrogen-bond acceptors (Lipinski definition) is 3. The Labute approximate surface area is 93.7 Å². The van der Waals surface area contributed by atoms with Gasteiger partial charge in [-0.2, -0.15) is 0 Å². The molecule has 1 aromatic rings. The minimum atomic E-state index is -0.930. The fourth-order valence-electron chi connectivity index (χ4n) is 1.52. The van der Waals surface area contributed by atoms with Gasteiger partial charge in [0.1, 0.15) is 5.82 Å². The number of carboxylic acids is 1. The minimum Gasteiger partial charge on any atom is -0.481 e. The van der Waals surface area contributed by atoms with Gasteiger partial charge in [0, 0.05) is 6.20 Å². The van der Waals surface area contributed by atoms with Crippen molar-refractivity contribution in [1.29, 1.82) is 0 Å². The third-order valence-electron chi connectivity index (χ3n) is 2.81. The molecule has 0 saturated carbocycles. The van der Waals surface area contributed by atoms with Gasteiger partial charge in [-0.15, -0.1) is 0 Å². The summed E-state index contributed by atoms with van der Waals surface area (Å²) in [6, 6.07) is 1.32. The highest BCUT2D eigenvalue weighted by Gasteiger charge is 2.32. The van der Waals surface area contributed by atoms with E-state index in [4.69, 9.17) is 5.11 Å². The van der Waals surface area contributed by atoms with E-state index in [-0.39, 0.29) is 6.42 Å². The molecular formula is C11H15FN2O2. The molecule has 1 aromatic heterocycles. The molecule has 0 aromatic carbocycles. The lowest BCUT2D eigenvalue weighted by atomic mass is 9.88. The number of aliphatic carboxylic acids is 1. The smallest absolute Gasteiger partial charge is 0.305 e. The number of rotatable bonds is 4. The molecule has 0 radical (unpaired) electrons. The molecule has 0 fully saturated rings. The van der Waals surface area contributed by atoms with E-state index in [1.165, 1.54) is 12.3 Å². The van der Waals surface area contributed by atoms with Gasteiger partial charge in [0.25, 0.3) is 0 Å². The van der Waals surface area contributed by atoms with Crippen molar-refractivity contribution in [3.63, 3.8) is 0 Å². The van der Waals surface area contributed by atoms with Crippen molar-refractivity contribution in [3.8, 4) is 0 Å². The molecule has 0 saturated heterocycles. The van der Waals surface area contributed by atoms with Crippen molar-refractivity contribution in [2.75, 3.05) is 14.1 Å². The van der Waals surface area contributed by atoms with Crippen LogP contribution in [0.2, 0.25) is 0 Å². The van der Waals surface area contributed by atoms with Crippen LogP contribution in [0.1, 0.15) is 18.9 Å². The summed E-state index contributed by atoms with van der Waals surface area (Å²) in [4.78, 5) is 16.3. The summed E-state index contributed by atoms with van der Waals surface area (Å²) < 4.78 is 13.1. The molecule has 1 unspecified atom stereocenters. The SMILES string of the molecule is CN(C)C(C)(CC(=O)O)c1cncc(F)c1. The fourth-order valence-corrected chi connectivity index (χ4v) is 1.52. The maximum atomic E-state index is 13.1. The van der Waals surface area contributed by atoms with Crippen LogP contribution in [0.15, 0.2) is 18.5 Å². The molecule has 0 bridgehead atoms. The van der Waals surface area contributed by atoms with Gasteiger partial charge in [0.2, 0.25) is 0 Å². The maximum absolute atomic E-state index is 13.1. The third kappa shape index (κ3) is 2.55. The fraction of sp³-hybridized carbons (Fsp3) is 0.455. The Balaban J connectivity index is 3.16. The number of nitrogens with zero attached hydrogens (tertiary/aromatic N) is 2. The van der Waals surface area contributed by atoms with Gasteiger partial charge >= 0.3 is 5.97 Å². The van der Waals surface area contributed by atoms with Crippen LogP contribution in [0.3, 0.4) is 0 Å². The lowest BCUT2D eigenvalue weighted by Crippen LogP contribution is -2.40. The zero-order valence-corrected chi connectivity index (χ0v) is 9.57. The summed E-state index contributed by atoms with van der Waals surface area (Å²) >= 11 is 0. The average Bonchev–Trinajstić information content (AvgIpc) is 2.16. The molecule has 1 heterocycles. The highest BCUT2D eigenvalue weighted by molar-refractivity contribution is 5.68. The van der Waals surface area contributed by atoms with Gasteiger partial charge in [-0.05, 0) is 32.6 Å². The quantitative estimate of drug-likeness (QED) is 0.844. The zero-order chi connectivity index (χ0) is 12.3. The molecule has 88 valence electrons. The summed E-state index contributed by atoms with van der Waals surface area (Å²) in [5.41, 5.74) is -0.207. The molecule has 0 aliphatic rings. The summed E-state index contributed by atoms with van der Waals surface area (Å²) in [6.45, 7) is 1.75. The van der Waals surface area contributed by atoms with E-state index in [1.807, 2.05) is 0 Å². The van der Waals surface area contributed by atoms with Crippen molar-refractivity contribution in [1.82, 2.24) is 9.88 Å². The number of pyridine rings is 1. The Bertz CT molecular complexity index is 395. The molecule has 0 spiro atoms. The number of halogens is 1. The Hall–Kier alpha value is -1.49. The summed E-state index contributed by atoms with van der Waals surface area (Å²) in [5.74, 6) is -1.39. The van der Waals surface area contributed by atoms with Crippen LogP contribution in [0.4, 0.5) is 4.39 Å². The van der Waals surface area contributed by atoms with E-state index in [0.717, 1.165) is 6.20 Å². The molecule has 16 heavy (non-hydrogen) atoms. The van der Waals surface area contributed by atoms with E-state index in [2.05, 4.69) is 4.98 Å². The molecule has 1 N–H and O–H groups in total. The number of hydrogen-bond donors (Lipinski definition) is 1. The molecular weight excluding hydrogens is 211 g/mol. The predicted octanol–water partition coefficient (Wildman–Crippen LogP) is 1.47. The minimum absolute atomic E-state index is 0.106. The third-order valence-corrected chi connectivity index (χ3v) is 2.81. The van der Waals surface area contributed by atoms with Gasteiger partial charge in [0.05, 0.1) is 18.2 Å². The van der Waals surface area contributed by atoms with Crippen molar-refractivity contribution in [3.05, 3.63) is 29.8 Å². The van der Waals surface area contributed by atoms with Crippen LogP contribution in [0.5, 0.6) is 0 Å². The second-order valence-electron chi connectivity index (χ2n) is 4.13. The lowest BCUT2D eigenvalue weighted by molar-refractivity contribution is -0.140. The second-order valence-corrected chi connectivity index (χ2v) is 4.13. The van der Waals surface area contributed by atoms with Crippen LogP contribution < -0.4 is 0 Å². The number of carbonyl (C=O) groups is 1. The van der Waals surface area contributed by atoms with Gasteiger partial charge in [-0.1, -0.05) is 0 Å². The largest absolute Gasteiger partial charge is 0.481 e. The normalized spacial score (nSPS) is 14.8. The standard InChI is InChI=1S/C11H15FN2O2/c1-11(14(2)3,5-10(15)16)8-4-9(12)7-13-6-8/h4,6-7H,5H2,1-3H3,(H,15,16). The molecule has 0 amide bonds. The first kappa shape index (κ1) is 12.6. The van der Waals surface area contributed by atoms with Crippen LogP contribution >= 0.6 is 0 Å². The summed E-state index contributed by atoms with van der Waals surface area (Å²) in [6.07, 6.45) is 2.48. The average molecular weight is 226 g/mol. The Morgan fingerprint density at radius 3 is 2.62 bits per heavy atom. The van der Waals surface area contributed by atoms with Crippen LogP contribution in [-0.4, -0.2) is 35.1 Å². The molecule has 0 aliphatic heterocycles. The summed E-state index contributed by atoms with van der Waals surface area (Å²) in [5, 5.41) is 8.89. The van der Waals surface area contributed by atoms with Crippen molar-refractivity contribution >= 4 is 5.97 Å². The maximum Gasteiger partial charge on any atom is 0.305 e. The highest BCUT2D eigenvalue weighted by Crippen LogP contribution is 2.29. The van der Waals surface area contributed by atoms with E-state index >= 15 is 0 Å². The van der Waals surface area contributed by atoms with E-state index in [1.54, 1.807) is 25.9 Å². The Morgan fingerprint density at radius 2 is 2.19 bits per heavy atom. The Morgan fingerprint density at radius 1 is 1.56 bits per heavy atom. The van der Waals surface area contributed by atoms with Gasteiger partial charge in [-0.25, -0.2) is 4.39 Å². The van der Waals surface area contributed by atoms with Crippen molar-refractivity contribution in [2.24, 2.45) is 0 Å². The first-order chi connectivity index (χ1) is 7.36. The van der Waals surface area contributed by atoms with E-state index < -0.39 is 17.3 Å². The molecule has 1 atom stereocenters. The van der Waals surface area contributed by atoms with Gasteiger partial charge in [-0.3, -0.25) is 14.7 Å². The first-order valence-electron chi connectivity index (χ1n) is 4.86. The second kappa shape index (κ2) is 4.57. The molecule has 5 heteroatoms. The topological polar surface area (TPSA) is 53.4 Å². The highest BCUT2D eigenvalue weighted by atomic mass is 19.1. The van der Waals surface area contributed by atoms with E-state index in [9.17, 15) is 9.18 Å². The first-order valence-corrected chi connectivity index (χ1v) is 4.86. The predicted molar refractivity (Wildman–Crippen MR) is 57.5 cm³/mol. The monoisotopic (exact) mass is 226 g/mol. The Kier molecular flexibility index (Phi) is 3.59. The molecule has 1 rings (SSSR count). The number of carboxylic acid groups (broad SMARTS) is 1. The van der Waals surface area contributed by atoms with Gasteiger partial charge < -0.3 is 5.11 Å². The van der Waals surface area contributed by atoms with Crippen LogP contribution in [0.25, 0.3) is 0 Å². The number of aromatic nitrogens is 1.